The summed E-state index contributed by atoms with van der Waals surface area (Å²) in [7, 11) is 1.62. The van der Waals surface area contributed by atoms with Gasteiger partial charge in [-0.25, -0.2) is 0 Å². The Labute approximate surface area is 158 Å². The van der Waals surface area contributed by atoms with Gasteiger partial charge in [0, 0.05) is 25.0 Å². The normalized spacial score (nSPS) is 38.5. The van der Waals surface area contributed by atoms with E-state index >= 15 is 0 Å². The molecular weight excluding hydrogens is 350 g/mol. The first-order valence-electron chi connectivity index (χ1n) is 9.73. The summed E-state index contributed by atoms with van der Waals surface area (Å²) in [5.41, 5.74) is 0.848. The van der Waals surface area contributed by atoms with Gasteiger partial charge in [0.05, 0.1) is 36.9 Å². The van der Waals surface area contributed by atoms with E-state index in [4.69, 9.17) is 9.57 Å². The molecule has 2 aliphatic carbocycles. The lowest BCUT2D eigenvalue weighted by atomic mass is 9.59. The number of aldehydes is 1. The number of hydrogen-bond donors (Lipinski definition) is 2. The van der Waals surface area contributed by atoms with Crippen LogP contribution in [0.3, 0.4) is 0 Å². The third-order valence-corrected chi connectivity index (χ3v) is 6.86. The summed E-state index contributed by atoms with van der Waals surface area (Å²) in [4.78, 5) is 28.3. The van der Waals surface area contributed by atoms with Crippen molar-refractivity contribution in [2.24, 2.45) is 23.2 Å². The minimum Gasteiger partial charge on any atom is -0.493 e. The number of nitrogens with zero attached hydrogens (tertiary/aromatic N) is 1. The molecule has 7 nitrogen and oxygen atoms in total. The van der Waals surface area contributed by atoms with Crippen LogP contribution in [0.4, 0.5) is 0 Å². The molecule has 1 fully saturated rings. The lowest BCUT2D eigenvalue weighted by Gasteiger charge is -2.43. The van der Waals surface area contributed by atoms with E-state index < -0.39 is 18.0 Å². The first-order chi connectivity index (χ1) is 13.0. The average Bonchev–Trinajstić information content (AvgIpc) is 2.86. The van der Waals surface area contributed by atoms with Crippen LogP contribution in [-0.2, 0) is 19.2 Å². The molecule has 0 saturated heterocycles. The predicted molar refractivity (Wildman–Crippen MR) is 95.1 cm³/mol. The van der Waals surface area contributed by atoms with Crippen molar-refractivity contribution in [3.63, 3.8) is 0 Å². The molecule has 3 unspecified atom stereocenters. The monoisotopic (exact) mass is 377 g/mol. The fourth-order valence-corrected chi connectivity index (χ4v) is 5.74. The maximum atomic E-state index is 11.8. The van der Waals surface area contributed by atoms with Crippen LogP contribution in [0, 0.1) is 23.2 Å². The molecule has 0 aromatic carbocycles. The van der Waals surface area contributed by atoms with Crippen molar-refractivity contribution in [3.8, 4) is 0 Å². The number of aliphatic carboxylic acids is 1. The molecule has 27 heavy (non-hydrogen) atoms. The number of aliphatic hydroxyl groups is 1. The van der Waals surface area contributed by atoms with Crippen LogP contribution in [-0.4, -0.2) is 53.4 Å². The maximum absolute atomic E-state index is 11.8. The zero-order valence-electron chi connectivity index (χ0n) is 15.5. The highest BCUT2D eigenvalue weighted by Gasteiger charge is 2.57. The van der Waals surface area contributed by atoms with Gasteiger partial charge in [0.25, 0.3) is 0 Å². The van der Waals surface area contributed by atoms with Crippen LogP contribution in [0.15, 0.2) is 23.6 Å². The summed E-state index contributed by atoms with van der Waals surface area (Å²) in [6.45, 7) is 0.641. The quantitative estimate of drug-likeness (QED) is 0.706. The second-order valence-corrected chi connectivity index (χ2v) is 8.26. The summed E-state index contributed by atoms with van der Waals surface area (Å²) in [5.74, 6) is -0.649. The Morgan fingerprint density at radius 2 is 2.33 bits per heavy atom. The van der Waals surface area contributed by atoms with E-state index in [1.807, 2.05) is 6.20 Å². The van der Waals surface area contributed by atoms with Crippen molar-refractivity contribution in [3.05, 3.63) is 23.6 Å². The Morgan fingerprint density at radius 1 is 1.52 bits per heavy atom. The van der Waals surface area contributed by atoms with E-state index in [2.05, 4.69) is 6.08 Å². The molecule has 2 heterocycles. The molecule has 2 aliphatic heterocycles. The fraction of sp³-hybridized carbons (Fsp3) is 0.700. The number of carbonyl (C=O) groups is 2. The van der Waals surface area contributed by atoms with Gasteiger partial charge in [-0.1, -0.05) is 6.08 Å². The van der Waals surface area contributed by atoms with Gasteiger partial charge in [-0.15, -0.1) is 0 Å². The molecule has 0 amide bonds. The van der Waals surface area contributed by atoms with Crippen LogP contribution in [0.2, 0.25) is 0 Å². The standard InChI is InChI=1S/C20H27NO6/c1-26-21-6-5-20-10-12(15(4-7-22)19(24)25)2-3-17(20)27-16-9-14(23)8-13(11-21)18(16)20/h5-7,12-15,17,23H,2-4,8-11H2,1H3,(H,24,25)/t12?,13-,14-,15?,17+,20?/m1/s1. The van der Waals surface area contributed by atoms with Crippen molar-refractivity contribution in [2.45, 2.75) is 50.7 Å². The molecule has 0 aromatic heterocycles. The van der Waals surface area contributed by atoms with E-state index in [0.29, 0.717) is 32.1 Å². The number of carbonyl (C=O) groups excluding carboxylic acids is 1. The van der Waals surface area contributed by atoms with Gasteiger partial charge in [-0.3, -0.25) is 14.7 Å². The first-order valence-corrected chi connectivity index (χ1v) is 9.73. The Balaban J connectivity index is 1.73. The summed E-state index contributed by atoms with van der Waals surface area (Å²) >= 11 is 0. The Hall–Kier alpha value is -1.86. The number of aliphatic hydroxyl groups excluding tert-OH is 1. The van der Waals surface area contributed by atoms with E-state index in [1.165, 1.54) is 5.57 Å². The Bertz CT molecular complexity index is 688. The number of hydroxylamine groups is 2. The van der Waals surface area contributed by atoms with Gasteiger partial charge in [-0.05, 0) is 37.2 Å². The van der Waals surface area contributed by atoms with Crippen molar-refractivity contribution >= 4 is 12.3 Å². The first kappa shape index (κ1) is 18.5. The van der Waals surface area contributed by atoms with Gasteiger partial charge in [0.2, 0.25) is 0 Å². The Morgan fingerprint density at radius 3 is 3.04 bits per heavy atom. The summed E-state index contributed by atoms with van der Waals surface area (Å²) in [6, 6.07) is 0. The maximum Gasteiger partial charge on any atom is 0.307 e. The van der Waals surface area contributed by atoms with Gasteiger partial charge in [0.15, 0.2) is 0 Å². The lowest BCUT2D eigenvalue weighted by molar-refractivity contribution is -0.146. The molecule has 0 aromatic rings. The smallest absolute Gasteiger partial charge is 0.307 e. The summed E-state index contributed by atoms with van der Waals surface area (Å²) in [5, 5.41) is 21.7. The molecule has 148 valence electrons. The van der Waals surface area contributed by atoms with E-state index in [1.54, 1.807) is 12.2 Å². The fourth-order valence-electron chi connectivity index (χ4n) is 5.74. The van der Waals surface area contributed by atoms with Gasteiger partial charge >= 0.3 is 5.97 Å². The lowest BCUT2D eigenvalue weighted by Crippen LogP contribution is -2.43. The van der Waals surface area contributed by atoms with Crippen molar-refractivity contribution < 1.29 is 29.4 Å². The van der Waals surface area contributed by atoms with Crippen molar-refractivity contribution in [1.29, 1.82) is 0 Å². The minimum atomic E-state index is -0.901. The second-order valence-electron chi connectivity index (χ2n) is 8.26. The molecule has 7 heteroatoms. The largest absolute Gasteiger partial charge is 0.493 e. The molecule has 4 rings (SSSR count). The second kappa shape index (κ2) is 6.95. The third kappa shape index (κ3) is 2.97. The number of hydrogen-bond acceptors (Lipinski definition) is 6. The molecule has 0 radical (unpaired) electrons. The number of ether oxygens (including phenoxy) is 1. The van der Waals surface area contributed by atoms with E-state index in [-0.39, 0.29) is 29.8 Å². The molecule has 0 bridgehead atoms. The van der Waals surface area contributed by atoms with Crippen LogP contribution < -0.4 is 0 Å². The van der Waals surface area contributed by atoms with E-state index in [0.717, 1.165) is 18.6 Å². The van der Waals surface area contributed by atoms with Crippen LogP contribution >= 0.6 is 0 Å². The zero-order valence-corrected chi connectivity index (χ0v) is 15.5. The predicted octanol–water partition coefficient (Wildman–Crippen LogP) is 1.88. The molecule has 6 atom stereocenters. The molecule has 2 N–H and O–H groups in total. The SMILES string of the molecule is CON1C=CC23CC(C(CC=O)C(=O)O)CC[C@@H]2OC2=C3[C@H](C[C@@H](O)C2)C1. The zero-order chi connectivity index (χ0) is 19.2. The topological polar surface area (TPSA) is 96.3 Å². The third-order valence-electron chi connectivity index (χ3n) is 6.86. The van der Waals surface area contributed by atoms with Crippen molar-refractivity contribution in [1.82, 2.24) is 5.06 Å². The highest BCUT2D eigenvalue weighted by Crippen LogP contribution is 2.60. The minimum absolute atomic E-state index is 0.0368. The summed E-state index contributed by atoms with van der Waals surface area (Å²) in [6.07, 6.45) is 7.64. The molecular formula is C20H27NO6. The summed E-state index contributed by atoms with van der Waals surface area (Å²) < 4.78 is 6.31. The van der Waals surface area contributed by atoms with Gasteiger partial charge < -0.3 is 19.7 Å². The van der Waals surface area contributed by atoms with Crippen LogP contribution in [0.25, 0.3) is 0 Å². The molecule has 1 spiro atoms. The highest BCUT2D eigenvalue weighted by molar-refractivity contribution is 5.74. The van der Waals surface area contributed by atoms with Crippen LogP contribution in [0.1, 0.15) is 38.5 Å². The van der Waals surface area contributed by atoms with Crippen molar-refractivity contribution in [2.75, 3.05) is 13.7 Å². The Kier molecular flexibility index (Phi) is 4.76. The van der Waals surface area contributed by atoms with Gasteiger partial charge in [-0.2, -0.15) is 0 Å². The average molecular weight is 377 g/mol. The number of carboxylic acid groups (broad SMARTS) is 1. The van der Waals surface area contributed by atoms with E-state index in [9.17, 15) is 19.8 Å². The van der Waals surface area contributed by atoms with Crippen LogP contribution in [0.5, 0.6) is 0 Å². The number of rotatable bonds is 5. The van der Waals surface area contributed by atoms with Gasteiger partial charge in [0.1, 0.15) is 12.4 Å². The highest BCUT2D eigenvalue weighted by atomic mass is 16.7. The molecule has 1 saturated carbocycles. The number of carboxylic acids is 1. The molecule has 4 aliphatic rings.